The third-order valence-corrected chi connectivity index (χ3v) is 4.40. The van der Waals surface area contributed by atoms with Crippen molar-refractivity contribution in [2.24, 2.45) is 0 Å². The lowest BCUT2D eigenvalue weighted by Gasteiger charge is -2.02. The first-order chi connectivity index (χ1) is 10.6. The summed E-state index contributed by atoms with van der Waals surface area (Å²) in [5, 5.41) is 5.31. The molecule has 0 aliphatic heterocycles. The molecule has 1 aromatic carbocycles. The average Bonchev–Trinajstić information content (AvgIpc) is 2.96. The van der Waals surface area contributed by atoms with E-state index in [1.54, 1.807) is 12.1 Å². The number of nitrogens with zero attached hydrogens (tertiary/aromatic N) is 2. The Morgan fingerprint density at radius 2 is 2.14 bits per heavy atom. The fraction of sp³-hybridized carbons (Fsp3) is 0. The van der Waals surface area contributed by atoms with E-state index < -0.39 is 0 Å². The van der Waals surface area contributed by atoms with E-state index in [1.165, 1.54) is 17.5 Å². The summed E-state index contributed by atoms with van der Waals surface area (Å²) in [7, 11) is 0. The number of carbonyl (C=O) groups is 1. The van der Waals surface area contributed by atoms with Crippen molar-refractivity contribution in [3.63, 3.8) is 0 Å². The van der Waals surface area contributed by atoms with Crippen LogP contribution >= 0.6 is 38.9 Å². The van der Waals surface area contributed by atoms with E-state index in [0.29, 0.717) is 10.7 Å². The van der Waals surface area contributed by atoms with Gasteiger partial charge in [0.25, 0.3) is 5.91 Å². The number of thiazole rings is 1. The van der Waals surface area contributed by atoms with Gasteiger partial charge in [-0.15, -0.1) is 11.3 Å². The molecule has 0 bridgehead atoms. The van der Waals surface area contributed by atoms with Crippen molar-refractivity contribution < 1.29 is 4.79 Å². The van der Waals surface area contributed by atoms with Crippen LogP contribution in [0.4, 0.5) is 5.13 Å². The molecule has 0 spiro atoms. The predicted octanol–water partition coefficient (Wildman–Crippen LogP) is 4.87. The van der Waals surface area contributed by atoms with Crippen LogP contribution in [0.5, 0.6) is 0 Å². The average molecular weight is 395 g/mol. The largest absolute Gasteiger partial charge is 0.298 e. The highest BCUT2D eigenvalue weighted by Gasteiger charge is 2.13. The predicted molar refractivity (Wildman–Crippen MR) is 92.5 cm³/mol. The van der Waals surface area contributed by atoms with Crippen molar-refractivity contribution in [1.29, 1.82) is 0 Å². The van der Waals surface area contributed by atoms with Crippen LogP contribution in [0.3, 0.4) is 0 Å². The van der Waals surface area contributed by atoms with E-state index >= 15 is 0 Å². The fourth-order valence-corrected chi connectivity index (χ4v) is 3.15. The van der Waals surface area contributed by atoms with Gasteiger partial charge in [-0.1, -0.05) is 39.7 Å². The molecule has 1 N–H and O–H groups in total. The van der Waals surface area contributed by atoms with Gasteiger partial charge in [0.15, 0.2) is 5.13 Å². The highest BCUT2D eigenvalue weighted by molar-refractivity contribution is 9.10. The van der Waals surface area contributed by atoms with Crippen LogP contribution in [0.2, 0.25) is 5.15 Å². The van der Waals surface area contributed by atoms with Gasteiger partial charge in [0.1, 0.15) is 5.15 Å². The quantitative estimate of drug-likeness (QED) is 0.645. The zero-order valence-corrected chi connectivity index (χ0v) is 14.2. The van der Waals surface area contributed by atoms with Gasteiger partial charge in [-0.3, -0.25) is 10.1 Å². The number of hydrogen-bond donors (Lipinski definition) is 1. The van der Waals surface area contributed by atoms with Crippen molar-refractivity contribution in [3.05, 3.63) is 63.2 Å². The molecule has 2 heterocycles. The maximum Gasteiger partial charge on any atom is 0.260 e. The highest BCUT2D eigenvalue weighted by atomic mass is 79.9. The molecule has 0 unspecified atom stereocenters. The maximum absolute atomic E-state index is 12.2. The Kier molecular flexibility index (Phi) is 4.52. The van der Waals surface area contributed by atoms with Crippen LogP contribution in [0.15, 0.2) is 52.4 Å². The Morgan fingerprint density at radius 3 is 2.91 bits per heavy atom. The first kappa shape index (κ1) is 15.1. The van der Waals surface area contributed by atoms with Crippen LogP contribution < -0.4 is 5.32 Å². The molecule has 0 saturated carbocycles. The fourth-order valence-electron chi connectivity index (χ4n) is 1.83. The lowest BCUT2D eigenvalue weighted by atomic mass is 10.2. The molecular weight excluding hydrogens is 386 g/mol. The molecular formula is C15H9BrClN3OS. The Balaban J connectivity index is 1.80. The van der Waals surface area contributed by atoms with Gasteiger partial charge in [0.2, 0.25) is 0 Å². The molecule has 0 fully saturated rings. The SMILES string of the molecule is O=C(Nc1nc(-c2cccc(Br)c2)cs1)c1cccnc1Cl. The van der Waals surface area contributed by atoms with Crippen molar-refractivity contribution in [1.82, 2.24) is 9.97 Å². The van der Waals surface area contributed by atoms with Crippen LogP contribution in [0.25, 0.3) is 11.3 Å². The molecule has 22 heavy (non-hydrogen) atoms. The molecule has 7 heteroatoms. The molecule has 110 valence electrons. The number of anilines is 1. The maximum atomic E-state index is 12.2. The van der Waals surface area contributed by atoms with Gasteiger partial charge in [0, 0.05) is 21.6 Å². The van der Waals surface area contributed by atoms with Crippen LogP contribution in [-0.4, -0.2) is 15.9 Å². The number of nitrogens with one attached hydrogen (secondary N) is 1. The lowest BCUT2D eigenvalue weighted by molar-refractivity contribution is 0.102. The number of rotatable bonds is 3. The minimum atomic E-state index is -0.326. The Hall–Kier alpha value is -1.76. The van der Waals surface area contributed by atoms with Crippen LogP contribution in [0, 0.1) is 0 Å². The summed E-state index contributed by atoms with van der Waals surface area (Å²) in [4.78, 5) is 20.5. The first-order valence-corrected chi connectivity index (χ1v) is 8.32. The Labute approximate surface area is 144 Å². The monoisotopic (exact) mass is 393 g/mol. The number of benzene rings is 1. The van der Waals surface area contributed by atoms with Gasteiger partial charge < -0.3 is 0 Å². The summed E-state index contributed by atoms with van der Waals surface area (Å²) in [5.74, 6) is -0.326. The third-order valence-electron chi connectivity index (χ3n) is 2.85. The smallest absolute Gasteiger partial charge is 0.260 e. The van der Waals surface area contributed by atoms with Crippen molar-refractivity contribution in [3.8, 4) is 11.3 Å². The summed E-state index contributed by atoms with van der Waals surface area (Å²) in [6.07, 6.45) is 1.54. The van der Waals surface area contributed by atoms with E-state index in [-0.39, 0.29) is 11.1 Å². The summed E-state index contributed by atoms with van der Waals surface area (Å²) in [6, 6.07) is 11.1. The highest BCUT2D eigenvalue weighted by Crippen LogP contribution is 2.27. The van der Waals surface area contributed by atoms with E-state index in [1.807, 2.05) is 29.6 Å². The molecule has 0 saturated heterocycles. The van der Waals surface area contributed by atoms with E-state index in [9.17, 15) is 4.79 Å². The minimum Gasteiger partial charge on any atom is -0.298 e. The molecule has 2 aromatic heterocycles. The number of halogens is 2. The number of hydrogen-bond acceptors (Lipinski definition) is 4. The second kappa shape index (κ2) is 6.56. The molecule has 0 aliphatic rings. The molecule has 3 rings (SSSR count). The van der Waals surface area contributed by atoms with Crippen LogP contribution in [0.1, 0.15) is 10.4 Å². The summed E-state index contributed by atoms with van der Waals surface area (Å²) < 4.78 is 0.978. The Morgan fingerprint density at radius 1 is 1.27 bits per heavy atom. The summed E-state index contributed by atoms with van der Waals surface area (Å²) in [5.41, 5.74) is 2.10. The zero-order chi connectivity index (χ0) is 15.5. The zero-order valence-electron chi connectivity index (χ0n) is 11.1. The molecule has 1 amide bonds. The molecule has 3 aromatic rings. The van der Waals surface area contributed by atoms with Gasteiger partial charge in [-0.05, 0) is 24.3 Å². The third kappa shape index (κ3) is 3.35. The van der Waals surface area contributed by atoms with Gasteiger partial charge >= 0.3 is 0 Å². The molecule has 0 atom stereocenters. The molecule has 0 radical (unpaired) electrons. The van der Waals surface area contributed by atoms with Crippen molar-refractivity contribution in [2.45, 2.75) is 0 Å². The first-order valence-electron chi connectivity index (χ1n) is 6.27. The Bertz CT molecular complexity index is 837. The number of carbonyl (C=O) groups excluding carboxylic acids is 1. The van der Waals surface area contributed by atoms with E-state index in [2.05, 4.69) is 31.2 Å². The van der Waals surface area contributed by atoms with Crippen molar-refractivity contribution in [2.75, 3.05) is 5.32 Å². The number of pyridine rings is 1. The number of aromatic nitrogens is 2. The van der Waals surface area contributed by atoms with Gasteiger partial charge in [-0.2, -0.15) is 0 Å². The second-order valence-electron chi connectivity index (χ2n) is 4.34. The lowest BCUT2D eigenvalue weighted by Crippen LogP contribution is -2.12. The van der Waals surface area contributed by atoms with E-state index in [4.69, 9.17) is 11.6 Å². The van der Waals surface area contributed by atoms with Crippen molar-refractivity contribution >= 4 is 49.9 Å². The normalized spacial score (nSPS) is 10.5. The topological polar surface area (TPSA) is 54.9 Å². The molecule has 4 nitrogen and oxygen atoms in total. The summed E-state index contributed by atoms with van der Waals surface area (Å²) >= 11 is 10.7. The van der Waals surface area contributed by atoms with Gasteiger partial charge in [0.05, 0.1) is 11.3 Å². The second-order valence-corrected chi connectivity index (χ2v) is 6.48. The number of amides is 1. The summed E-state index contributed by atoms with van der Waals surface area (Å²) in [6.45, 7) is 0. The minimum absolute atomic E-state index is 0.170. The molecule has 0 aliphatic carbocycles. The van der Waals surface area contributed by atoms with Gasteiger partial charge in [-0.25, -0.2) is 9.97 Å². The van der Waals surface area contributed by atoms with E-state index in [0.717, 1.165) is 15.7 Å². The van der Waals surface area contributed by atoms with Crippen LogP contribution in [-0.2, 0) is 0 Å². The standard InChI is InChI=1S/C15H9BrClN3OS/c16-10-4-1-3-9(7-10)12-8-22-15(19-12)20-14(21)11-5-2-6-18-13(11)17/h1-8H,(H,19,20,21).